The van der Waals surface area contributed by atoms with Gasteiger partial charge < -0.3 is 14.6 Å². The molecule has 2 aromatic rings. The first-order chi connectivity index (χ1) is 12.8. The first-order valence-electron chi connectivity index (χ1n) is 8.57. The van der Waals surface area contributed by atoms with Crippen molar-refractivity contribution in [3.05, 3.63) is 59.0 Å². The molecule has 27 heavy (non-hydrogen) atoms. The van der Waals surface area contributed by atoms with Crippen LogP contribution >= 0.6 is 0 Å². The second kappa shape index (κ2) is 7.46. The molecule has 2 amide bonds. The third kappa shape index (κ3) is 4.32. The van der Waals surface area contributed by atoms with E-state index in [1.165, 1.54) is 18.4 Å². The first kappa shape index (κ1) is 19.0. The Balaban J connectivity index is 1.55. The van der Waals surface area contributed by atoms with E-state index < -0.39 is 11.7 Å². The second-order valence-corrected chi connectivity index (χ2v) is 6.55. The Morgan fingerprint density at radius 3 is 2.26 bits per heavy atom. The van der Waals surface area contributed by atoms with Gasteiger partial charge in [0, 0.05) is 30.3 Å². The number of rotatable bonds is 3. The van der Waals surface area contributed by atoms with Gasteiger partial charge in [-0.05, 0) is 50.1 Å². The number of nitrogens with zero attached hydrogens (tertiary/aromatic N) is 1. The molecule has 1 fully saturated rings. The summed E-state index contributed by atoms with van der Waals surface area (Å²) >= 11 is 0. The molecule has 1 aliphatic heterocycles. The summed E-state index contributed by atoms with van der Waals surface area (Å²) < 4.78 is 43.0. The minimum atomic E-state index is -4.43. The van der Waals surface area contributed by atoms with Crippen molar-refractivity contribution in [1.82, 2.24) is 10.2 Å². The van der Waals surface area contributed by atoms with Crippen molar-refractivity contribution in [2.45, 2.75) is 32.0 Å². The van der Waals surface area contributed by atoms with Gasteiger partial charge in [-0.15, -0.1) is 0 Å². The number of aryl methyl sites for hydroxylation is 1. The van der Waals surface area contributed by atoms with Crippen LogP contribution in [0.2, 0.25) is 0 Å². The maximum Gasteiger partial charge on any atom is 0.416 e. The molecule has 1 aromatic heterocycles. The van der Waals surface area contributed by atoms with E-state index in [0.717, 1.165) is 17.7 Å². The summed E-state index contributed by atoms with van der Waals surface area (Å²) in [6.07, 6.45) is -1.84. The third-order valence-corrected chi connectivity index (χ3v) is 4.64. The fourth-order valence-electron chi connectivity index (χ4n) is 3.07. The standard InChI is InChI=1S/C19H19F3N2O3/c1-12-8-11-27-16(12)17(25)23-15-6-9-24(10-7-15)18(26)13-2-4-14(5-3-13)19(20,21)22/h2-5,8,11,15H,6-7,9-10H2,1H3,(H,23,25). The van der Waals surface area contributed by atoms with Crippen LogP contribution in [0.5, 0.6) is 0 Å². The zero-order valence-corrected chi connectivity index (χ0v) is 14.7. The lowest BCUT2D eigenvalue weighted by atomic mass is 10.0. The molecule has 1 saturated heterocycles. The molecule has 5 nitrogen and oxygen atoms in total. The Kier molecular flexibility index (Phi) is 5.25. The van der Waals surface area contributed by atoms with Crippen LogP contribution in [0.3, 0.4) is 0 Å². The Hall–Kier alpha value is -2.77. The van der Waals surface area contributed by atoms with Crippen molar-refractivity contribution in [3.8, 4) is 0 Å². The lowest BCUT2D eigenvalue weighted by molar-refractivity contribution is -0.137. The maximum atomic E-state index is 12.6. The Bertz CT molecular complexity index is 819. The van der Waals surface area contributed by atoms with E-state index >= 15 is 0 Å². The van der Waals surface area contributed by atoms with Gasteiger partial charge >= 0.3 is 6.18 Å². The molecule has 0 spiro atoms. The monoisotopic (exact) mass is 380 g/mol. The lowest BCUT2D eigenvalue weighted by Gasteiger charge is -2.32. The summed E-state index contributed by atoms with van der Waals surface area (Å²) in [6, 6.07) is 5.83. The smallest absolute Gasteiger partial charge is 0.416 e. The Morgan fingerprint density at radius 2 is 1.74 bits per heavy atom. The Morgan fingerprint density at radius 1 is 1.11 bits per heavy atom. The Labute approximate surface area is 154 Å². The number of alkyl halides is 3. The van der Waals surface area contributed by atoms with Crippen molar-refractivity contribution >= 4 is 11.8 Å². The molecule has 8 heteroatoms. The largest absolute Gasteiger partial charge is 0.459 e. The van der Waals surface area contributed by atoms with Gasteiger partial charge in [-0.2, -0.15) is 13.2 Å². The molecule has 1 aliphatic rings. The van der Waals surface area contributed by atoms with Crippen molar-refractivity contribution in [3.63, 3.8) is 0 Å². The highest BCUT2D eigenvalue weighted by Gasteiger charge is 2.31. The fourth-order valence-corrected chi connectivity index (χ4v) is 3.07. The number of hydrogen-bond donors (Lipinski definition) is 1. The third-order valence-electron chi connectivity index (χ3n) is 4.64. The number of piperidine rings is 1. The number of furan rings is 1. The van der Waals surface area contributed by atoms with Gasteiger partial charge in [-0.3, -0.25) is 9.59 Å². The molecule has 0 unspecified atom stereocenters. The van der Waals surface area contributed by atoms with Gasteiger partial charge in [0.15, 0.2) is 5.76 Å². The molecule has 2 heterocycles. The number of amides is 2. The summed E-state index contributed by atoms with van der Waals surface area (Å²) in [6.45, 7) is 2.62. The topological polar surface area (TPSA) is 62.6 Å². The summed E-state index contributed by atoms with van der Waals surface area (Å²) in [5, 5.41) is 2.89. The zero-order valence-electron chi connectivity index (χ0n) is 14.7. The molecule has 0 saturated carbocycles. The van der Waals surface area contributed by atoms with Crippen molar-refractivity contribution < 1.29 is 27.2 Å². The predicted molar refractivity (Wildman–Crippen MR) is 91.3 cm³/mol. The molecule has 0 aliphatic carbocycles. The van der Waals surface area contributed by atoms with Crippen LogP contribution in [0.4, 0.5) is 13.2 Å². The van der Waals surface area contributed by atoms with Crippen LogP contribution in [0.1, 0.15) is 44.9 Å². The van der Waals surface area contributed by atoms with Crippen molar-refractivity contribution in [2.75, 3.05) is 13.1 Å². The van der Waals surface area contributed by atoms with Crippen LogP contribution in [0, 0.1) is 6.92 Å². The van der Waals surface area contributed by atoms with E-state index in [4.69, 9.17) is 4.42 Å². The average Bonchev–Trinajstić information content (AvgIpc) is 3.07. The summed E-state index contributed by atoms with van der Waals surface area (Å²) in [4.78, 5) is 26.2. The van der Waals surface area contributed by atoms with Crippen molar-refractivity contribution in [2.24, 2.45) is 0 Å². The van der Waals surface area contributed by atoms with Gasteiger partial charge in [-0.25, -0.2) is 0 Å². The van der Waals surface area contributed by atoms with E-state index in [-0.39, 0.29) is 29.2 Å². The normalized spacial score (nSPS) is 15.6. The van der Waals surface area contributed by atoms with Crippen LogP contribution in [0.25, 0.3) is 0 Å². The molecule has 0 bridgehead atoms. The number of benzene rings is 1. The quantitative estimate of drug-likeness (QED) is 0.884. The minimum absolute atomic E-state index is 0.0846. The van der Waals surface area contributed by atoms with Crippen LogP contribution in [0.15, 0.2) is 41.0 Å². The number of halogens is 3. The van der Waals surface area contributed by atoms with Crippen LogP contribution in [-0.2, 0) is 6.18 Å². The second-order valence-electron chi connectivity index (χ2n) is 6.55. The SMILES string of the molecule is Cc1ccoc1C(=O)NC1CCN(C(=O)c2ccc(C(F)(F)F)cc2)CC1. The van der Waals surface area contributed by atoms with Crippen LogP contribution < -0.4 is 5.32 Å². The molecule has 0 radical (unpaired) electrons. The summed E-state index contributed by atoms with van der Waals surface area (Å²) in [5.41, 5.74) is 0.188. The molecule has 1 aromatic carbocycles. The number of carbonyl (C=O) groups is 2. The fraction of sp³-hybridized carbons (Fsp3) is 0.368. The van der Waals surface area contributed by atoms with E-state index in [9.17, 15) is 22.8 Å². The number of carbonyl (C=O) groups excluding carboxylic acids is 2. The molecule has 3 rings (SSSR count). The highest BCUT2D eigenvalue weighted by Crippen LogP contribution is 2.29. The number of hydrogen-bond acceptors (Lipinski definition) is 3. The van der Waals surface area contributed by atoms with Crippen molar-refractivity contribution in [1.29, 1.82) is 0 Å². The van der Waals surface area contributed by atoms with E-state index in [1.807, 2.05) is 0 Å². The van der Waals surface area contributed by atoms with Gasteiger partial charge in [0.05, 0.1) is 11.8 Å². The predicted octanol–water partition coefficient (Wildman–Crippen LogP) is 3.64. The van der Waals surface area contributed by atoms with Gasteiger partial charge in [0.1, 0.15) is 0 Å². The van der Waals surface area contributed by atoms with E-state index in [0.29, 0.717) is 25.9 Å². The van der Waals surface area contributed by atoms with E-state index in [2.05, 4.69) is 5.32 Å². The number of likely N-dealkylation sites (tertiary alicyclic amines) is 1. The molecule has 144 valence electrons. The number of nitrogens with one attached hydrogen (secondary N) is 1. The van der Waals surface area contributed by atoms with Crippen LogP contribution in [-0.4, -0.2) is 35.8 Å². The highest BCUT2D eigenvalue weighted by atomic mass is 19.4. The minimum Gasteiger partial charge on any atom is -0.459 e. The molecule has 1 N–H and O–H groups in total. The molecular formula is C19H19F3N2O3. The van der Waals surface area contributed by atoms with E-state index in [1.54, 1.807) is 17.9 Å². The van der Waals surface area contributed by atoms with Gasteiger partial charge in [0.2, 0.25) is 0 Å². The highest BCUT2D eigenvalue weighted by molar-refractivity contribution is 5.94. The lowest BCUT2D eigenvalue weighted by Crippen LogP contribution is -2.46. The average molecular weight is 380 g/mol. The van der Waals surface area contributed by atoms with Gasteiger partial charge in [-0.1, -0.05) is 0 Å². The zero-order chi connectivity index (χ0) is 19.6. The molecule has 0 atom stereocenters. The first-order valence-corrected chi connectivity index (χ1v) is 8.57. The molecular weight excluding hydrogens is 361 g/mol. The summed E-state index contributed by atoms with van der Waals surface area (Å²) in [7, 11) is 0. The maximum absolute atomic E-state index is 12.6. The summed E-state index contributed by atoms with van der Waals surface area (Å²) in [5.74, 6) is -0.321. The van der Waals surface area contributed by atoms with Gasteiger partial charge in [0.25, 0.3) is 11.8 Å².